The molecule has 0 N–H and O–H groups in total. The van der Waals surface area contributed by atoms with Crippen molar-refractivity contribution in [2.75, 3.05) is 0 Å². The second-order valence-electron chi connectivity index (χ2n) is 6.79. The highest BCUT2D eigenvalue weighted by Gasteiger charge is 2.19. The maximum atomic E-state index is 13.2. The summed E-state index contributed by atoms with van der Waals surface area (Å²) in [5.74, 6) is 1.39. The van der Waals surface area contributed by atoms with Crippen molar-refractivity contribution in [1.29, 1.82) is 0 Å². The highest BCUT2D eigenvalue weighted by atomic mass is 35.5. The van der Waals surface area contributed by atoms with Crippen molar-refractivity contribution >= 4 is 35.0 Å². The van der Waals surface area contributed by atoms with Gasteiger partial charge in [0.15, 0.2) is 11.0 Å². The van der Waals surface area contributed by atoms with E-state index in [0.29, 0.717) is 44.1 Å². The lowest BCUT2D eigenvalue weighted by atomic mass is 10.2. The second kappa shape index (κ2) is 9.30. The lowest BCUT2D eigenvalue weighted by Gasteiger charge is -2.10. The molecule has 7 nitrogen and oxygen atoms in total. The minimum Gasteiger partial charge on any atom is -0.338 e. The van der Waals surface area contributed by atoms with E-state index >= 15 is 0 Å². The molecule has 164 valence electrons. The van der Waals surface area contributed by atoms with Crippen LogP contribution in [0.2, 0.25) is 10.0 Å². The smallest absolute Gasteiger partial charge is 0.237 e. The van der Waals surface area contributed by atoms with Gasteiger partial charge in [-0.15, -0.1) is 10.2 Å². The van der Waals surface area contributed by atoms with Crippen LogP contribution in [0.5, 0.6) is 0 Å². The summed E-state index contributed by atoms with van der Waals surface area (Å²) in [5, 5.41) is 14.1. The molecule has 0 bridgehead atoms. The van der Waals surface area contributed by atoms with Crippen LogP contribution >= 0.6 is 35.0 Å². The fraction of sp³-hybridized carbons (Fsp3) is 0.0455. The van der Waals surface area contributed by atoms with E-state index in [4.69, 9.17) is 27.7 Å². The van der Waals surface area contributed by atoms with E-state index in [0.717, 1.165) is 11.3 Å². The summed E-state index contributed by atoms with van der Waals surface area (Å²) in [7, 11) is 0. The van der Waals surface area contributed by atoms with Gasteiger partial charge in [-0.2, -0.15) is 4.98 Å². The standard InChI is InChI=1S/C22H13Cl2FN6OS/c23-17-8-7-16(10-18(17)24)31-21(14-2-1-9-26-11-14)28-29-22(31)33-12-19-27-20(30-32-19)13-3-5-15(25)6-4-13/h1-11H,12H2. The van der Waals surface area contributed by atoms with Crippen LogP contribution in [0.1, 0.15) is 5.89 Å². The van der Waals surface area contributed by atoms with Crippen molar-refractivity contribution < 1.29 is 8.91 Å². The molecule has 3 heterocycles. The van der Waals surface area contributed by atoms with Gasteiger partial charge in [-0.1, -0.05) is 40.1 Å². The predicted octanol–water partition coefficient (Wildman–Crippen LogP) is 6.12. The lowest BCUT2D eigenvalue weighted by molar-refractivity contribution is 0.391. The first-order valence-electron chi connectivity index (χ1n) is 9.61. The molecule has 11 heteroatoms. The topological polar surface area (TPSA) is 82.5 Å². The van der Waals surface area contributed by atoms with Crippen LogP contribution in [-0.2, 0) is 5.75 Å². The van der Waals surface area contributed by atoms with Crippen LogP contribution in [0, 0.1) is 5.82 Å². The van der Waals surface area contributed by atoms with Gasteiger partial charge >= 0.3 is 0 Å². The third-order valence-electron chi connectivity index (χ3n) is 4.61. The van der Waals surface area contributed by atoms with Crippen LogP contribution in [0.4, 0.5) is 4.39 Å². The maximum absolute atomic E-state index is 13.2. The summed E-state index contributed by atoms with van der Waals surface area (Å²) in [6.07, 6.45) is 3.40. The van der Waals surface area contributed by atoms with E-state index in [9.17, 15) is 4.39 Å². The van der Waals surface area contributed by atoms with E-state index in [-0.39, 0.29) is 5.82 Å². The Hall–Kier alpha value is -3.27. The molecule has 5 rings (SSSR count). The van der Waals surface area contributed by atoms with Gasteiger partial charge in [-0.25, -0.2) is 4.39 Å². The van der Waals surface area contributed by atoms with Gasteiger partial charge in [-0.3, -0.25) is 9.55 Å². The Kier molecular flexibility index (Phi) is 6.08. The van der Waals surface area contributed by atoms with Crippen LogP contribution in [0.25, 0.3) is 28.5 Å². The highest BCUT2D eigenvalue weighted by molar-refractivity contribution is 7.98. The lowest BCUT2D eigenvalue weighted by Crippen LogP contribution is -2.00. The molecule has 33 heavy (non-hydrogen) atoms. The Morgan fingerprint density at radius 1 is 0.970 bits per heavy atom. The minimum absolute atomic E-state index is 0.330. The molecule has 0 saturated heterocycles. The quantitative estimate of drug-likeness (QED) is 0.261. The Morgan fingerprint density at radius 3 is 2.58 bits per heavy atom. The van der Waals surface area contributed by atoms with Crippen LogP contribution in [-0.4, -0.2) is 29.9 Å². The minimum atomic E-state index is -0.330. The number of pyridine rings is 1. The Bertz CT molecular complexity index is 1410. The zero-order chi connectivity index (χ0) is 22.8. The second-order valence-corrected chi connectivity index (χ2v) is 8.55. The summed E-state index contributed by atoms with van der Waals surface area (Å²) in [6, 6.07) is 14.9. The SMILES string of the molecule is Fc1ccc(-c2noc(CSc3nnc(-c4cccnc4)n3-c3ccc(Cl)c(Cl)c3)n2)cc1. The third kappa shape index (κ3) is 4.61. The van der Waals surface area contributed by atoms with Crippen molar-refractivity contribution in [1.82, 2.24) is 29.9 Å². The molecular formula is C22H13Cl2FN6OS. The normalized spacial score (nSPS) is 11.1. The molecule has 0 unspecified atom stereocenters. The summed E-state index contributed by atoms with van der Waals surface area (Å²) in [4.78, 5) is 8.57. The summed E-state index contributed by atoms with van der Waals surface area (Å²) >= 11 is 13.7. The average molecular weight is 499 g/mol. The Morgan fingerprint density at radius 2 is 1.82 bits per heavy atom. The molecule has 0 aliphatic rings. The first-order chi connectivity index (χ1) is 16.1. The van der Waals surface area contributed by atoms with E-state index in [1.165, 1.54) is 23.9 Å². The number of aromatic nitrogens is 6. The summed E-state index contributed by atoms with van der Waals surface area (Å²) in [5.41, 5.74) is 2.20. The number of hydrogen-bond donors (Lipinski definition) is 0. The Labute approximate surface area is 201 Å². The Balaban J connectivity index is 1.45. The summed E-state index contributed by atoms with van der Waals surface area (Å²) in [6.45, 7) is 0. The van der Waals surface area contributed by atoms with Gasteiger partial charge in [0.2, 0.25) is 11.7 Å². The molecule has 0 atom stereocenters. The molecule has 0 aliphatic heterocycles. The average Bonchev–Trinajstić information content (AvgIpc) is 3.48. The van der Waals surface area contributed by atoms with Crippen molar-refractivity contribution in [3.63, 3.8) is 0 Å². The predicted molar refractivity (Wildman–Crippen MR) is 124 cm³/mol. The third-order valence-corrected chi connectivity index (χ3v) is 6.26. The van der Waals surface area contributed by atoms with Gasteiger partial charge in [0.1, 0.15) is 5.82 Å². The largest absolute Gasteiger partial charge is 0.338 e. The van der Waals surface area contributed by atoms with Crippen molar-refractivity contribution in [2.24, 2.45) is 0 Å². The van der Waals surface area contributed by atoms with E-state index in [2.05, 4.69) is 25.3 Å². The molecule has 0 fully saturated rings. The van der Waals surface area contributed by atoms with Crippen LogP contribution in [0.15, 0.2) is 76.7 Å². The first-order valence-corrected chi connectivity index (χ1v) is 11.4. The first kappa shape index (κ1) is 21.6. The number of hydrogen-bond acceptors (Lipinski definition) is 7. The van der Waals surface area contributed by atoms with Gasteiger partial charge in [0.05, 0.1) is 21.5 Å². The van der Waals surface area contributed by atoms with Crippen molar-refractivity contribution in [3.05, 3.63) is 88.7 Å². The van der Waals surface area contributed by atoms with Crippen molar-refractivity contribution in [3.8, 4) is 28.5 Å². The van der Waals surface area contributed by atoms with Crippen molar-refractivity contribution in [2.45, 2.75) is 10.9 Å². The molecule has 0 aliphatic carbocycles. The molecule has 0 spiro atoms. The zero-order valence-electron chi connectivity index (χ0n) is 16.7. The summed E-state index contributed by atoms with van der Waals surface area (Å²) < 4.78 is 20.4. The number of benzene rings is 2. The van der Waals surface area contributed by atoms with Gasteiger partial charge in [0.25, 0.3) is 0 Å². The number of halogens is 3. The molecular weight excluding hydrogens is 486 g/mol. The monoisotopic (exact) mass is 498 g/mol. The number of rotatable bonds is 6. The molecule has 2 aromatic carbocycles. The van der Waals surface area contributed by atoms with Crippen LogP contribution in [0.3, 0.4) is 0 Å². The number of nitrogens with zero attached hydrogens (tertiary/aromatic N) is 6. The zero-order valence-corrected chi connectivity index (χ0v) is 19.0. The maximum Gasteiger partial charge on any atom is 0.237 e. The fourth-order valence-corrected chi connectivity index (χ4v) is 4.14. The molecule has 0 saturated carbocycles. The highest BCUT2D eigenvalue weighted by Crippen LogP contribution is 2.32. The van der Waals surface area contributed by atoms with Gasteiger partial charge in [0, 0.05) is 23.5 Å². The van der Waals surface area contributed by atoms with E-state index < -0.39 is 0 Å². The van der Waals surface area contributed by atoms with E-state index in [1.54, 1.807) is 36.7 Å². The molecule has 0 amide bonds. The van der Waals surface area contributed by atoms with Gasteiger partial charge in [-0.05, 0) is 54.6 Å². The van der Waals surface area contributed by atoms with E-state index in [1.807, 2.05) is 22.8 Å². The molecule has 0 radical (unpaired) electrons. The number of thioether (sulfide) groups is 1. The molecule has 5 aromatic rings. The molecule has 3 aromatic heterocycles. The fourth-order valence-electron chi connectivity index (χ4n) is 3.06. The van der Waals surface area contributed by atoms with Gasteiger partial charge < -0.3 is 4.52 Å². The van der Waals surface area contributed by atoms with Crippen LogP contribution < -0.4 is 0 Å².